The van der Waals surface area contributed by atoms with Crippen LogP contribution < -0.4 is 5.11 Å². The predicted molar refractivity (Wildman–Crippen MR) is 226 cm³/mol. The Morgan fingerprint density at radius 1 is 0.545 bits per heavy atom. The van der Waals surface area contributed by atoms with E-state index in [-0.39, 0.29) is 49.1 Å². The van der Waals surface area contributed by atoms with Crippen LogP contribution in [0.2, 0.25) is 0 Å². The SMILES string of the molecule is CC/C=C/C/C=C/C/C=C/C/C=C/C/C=C/C/C=C/CCCCCC(=O)OC(COCCC(C(=O)[O-])[N+](C)(C)C)COC(=O)CCCC/C=C/C/C=C/CC. The largest absolute Gasteiger partial charge is 0.544 e. The zero-order chi connectivity index (χ0) is 40.7. The first-order valence-electron chi connectivity index (χ1n) is 20.8. The topological polar surface area (TPSA) is 102 Å². The Hall–Kier alpha value is -3.75. The number of hydrogen-bond donors (Lipinski definition) is 0. The van der Waals surface area contributed by atoms with Gasteiger partial charge in [-0.25, -0.2) is 0 Å². The number of carbonyl (C=O) groups excluding carboxylic acids is 3. The third-order valence-electron chi connectivity index (χ3n) is 8.47. The smallest absolute Gasteiger partial charge is 0.306 e. The molecule has 0 rings (SSSR count). The van der Waals surface area contributed by atoms with Crippen LogP contribution in [-0.2, 0) is 28.6 Å². The molecular weight excluding hydrogens is 691 g/mol. The molecule has 0 bridgehead atoms. The van der Waals surface area contributed by atoms with Crippen molar-refractivity contribution in [1.29, 1.82) is 0 Å². The molecule has 2 unspecified atom stereocenters. The second-order valence-corrected chi connectivity index (χ2v) is 14.5. The molecule has 8 heteroatoms. The molecule has 0 spiro atoms. The molecule has 0 aromatic heterocycles. The molecule has 8 nitrogen and oxygen atoms in total. The van der Waals surface area contributed by atoms with Gasteiger partial charge in [-0.15, -0.1) is 0 Å². The average Bonchev–Trinajstić information content (AvgIpc) is 3.14. The van der Waals surface area contributed by atoms with Gasteiger partial charge in [0.2, 0.25) is 0 Å². The predicted octanol–water partition coefficient (Wildman–Crippen LogP) is 9.79. The van der Waals surface area contributed by atoms with Gasteiger partial charge in [0.05, 0.1) is 40.3 Å². The number of carboxylic acids is 1. The molecule has 0 saturated carbocycles. The zero-order valence-corrected chi connectivity index (χ0v) is 35.0. The van der Waals surface area contributed by atoms with Gasteiger partial charge < -0.3 is 28.6 Å². The lowest BCUT2D eigenvalue weighted by Gasteiger charge is -2.34. The van der Waals surface area contributed by atoms with E-state index in [9.17, 15) is 19.5 Å². The molecule has 0 aliphatic rings. The molecular formula is C47H75NO7. The van der Waals surface area contributed by atoms with Gasteiger partial charge in [-0.3, -0.25) is 9.59 Å². The van der Waals surface area contributed by atoms with E-state index < -0.39 is 18.1 Å². The van der Waals surface area contributed by atoms with Crippen molar-refractivity contribution < 1.29 is 38.2 Å². The summed E-state index contributed by atoms with van der Waals surface area (Å²) in [6.07, 6.45) is 48.8. The van der Waals surface area contributed by atoms with Crippen LogP contribution in [0.3, 0.4) is 0 Å². The highest BCUT2D eigenvalue weighted by atomic mass is 16.6. The molecule has 0 fully saturated rings. The Kier molecular flexibility index (Phi) is 34.7. The number of likely N-dealkylation sites (N-methyl/N-ethyl adjacent to an activating group) is 1. The monoisotopic (exact) mass is 766 g/mol. The molecule has 2 atom stereocenters. The van der Waals surface area contributed by atoms with Gasteiger partial charge >= 0.3 is 11.9 Å². The fourth-order valence-corrected chi connectivity index (χ4v) is 5.29. The second kappa shape index (κ2) is 37.2. The molecule has 0 aromatic carbocycles. The van der Waals surface area contributed by atoms with Crippen LogP contribution in [0.25, 0.3) is 0 Å². The number of carbonyl (C=O) groups is 3. The normalized spacial score (nSPS) is 14.0. The molecule has 55 heavy (non-hydrogen) atoms. The molecule has 0 aromatic rings. The van der Waals surface area contributed by atoms with Crippen molar-refractivity contribution in [2.75, 3.05) is 41.0 Å². The van der Waals surface area contributed by atoms with E-state index in [0.29, 0.717) is 19.3 Å². The highest BCUT2D eigenvalue weighted by Crippen LogP contribution is 2.11. The highest BCUT2D eigenvalue weighted by molar-refractivity contribution is 5.70. The minimum atomic E-state index is -1.14. The molecule has 0 N–H and O–H groups in total. The number of ether oxygens (including phenoxy) is 3. The van der Waals surface area contributed by atoms with Crippen LogP contribution in [0.5, 0.6) is 0 Å². The maximum atomic E-state index is 12.7. The standard InChI is InChI=1S/C47H75NO7/c1-6-8-10-12-14-16-17-18-19-20-21-22-23-24-25-26-27-28-30-32-34-36-38-46(50)55-43(41-53-40-39-44(47(51)52)48(3,4)5)42-54-45(49)37-35-33-31-29-15-13-11-9-7-2/h8-11,14-16,18-19,21-22,24-25,27-29,43-44H,6-7,12-13,17,20,23,26,30-42H2,1-5H3/b10-8+,11-9+,16-14+,19-18+,22-21+,25-24+,28-27+,29-15+. The van der Waals surface area contributed by atoms with E-state index in [1.54, 1.807) is 21.1 Å². The van der Waals surface area contributed by atoms with Crippen molar-refractivity contribution in [3.05, 3.63) is 97.2 Å². The second-order valence-electron chi connectivity index (χ2n) is 14.5. The van der Waals surface area contributed by atoms with Crippen LogP contribution >= 0.6 is 0 Å². The fraction of sp³-hybridized carbons (Fsp3) is 0.596. The van der Waals surface area contributed by atoms with Gasteiger partial charge in [0.25, 0.3) is 0 Å². The molecule has 0 aliphatic carbocycles. The van der Waals surface area contributed by atoms with Crippen molar-refractivity contribution in [2.24, 2.45) is 0 Å². The van der Waals surface area contributed by atoms with Crippen LogP contribution in [0, 0.1) is 0 Å². The van der Waals surface area contributed by atoms with Crippen LogP contribution in [0.4, 0.5) is 0 Å². The minimum Gasteiger partial charge on any atom is -0.544 e. The van der Waals surface area contributed by atoms with Crippen molar-refractivity contribution >= 4 is 17.9 Å². The van der Waals surface area contributed by atoms with Gasteiger partial charge in [-0.05, 0) is 89.9 Å². The fourth-order valence-electron chi connectivity index (χ4n) is 5.29. The van der Waals surface area contributed by atoms with Gasteiger partial charge in [0, 0.05) is 19.3 Å². The summed E-state index contributed by atoms with van der Waals surface area (Å²) < 4.78 is 17.0. The number of quaternary nitrogens is 1. The first-order chi connectivity index (χ1) is 26.6. The summed E-state index contributed by atoms with van der Waals surface area (Å²) in [5, 5.41) is 11.6. The minimum absolute atomic E-state index is 0.00981. The van der Waals surface area contributed by atoms with Gasteiger partial charge in [0.1, 0.15) is 12.6 Å². The van der Waals surface area contributed by atoms with Crippen molar-refractivity contribution in [3.8, 4) is 0 Å². The molecule has 0 saturated heterocycles. The number of esters is 2. The Balaban J connectivity index is 4.43. The molecule has 0 radical (unpaired) electrons. The number of nitrogens with zero attached hydrogens (tertiary/aromatic N) is 1. The van der Waals surface area contributed by atoms with Crippen LogP contribution in [0.15, 0.2) is 97.2 Å². The van der Waals surface area contributed by atoms with Gasteiger partial charge in [-0.2, -0.15) is 0 Å². The first kappa shape index (κ1) is 51.2. The number of rotatable bonds is 35. The number of unbranched alkanes of at least 4 members (excludes halogenated alkanes) is 5. The summed E-state index contributed by atoms with van der Waals surface area (Å²) in [6.45, 7) is 4.31. The number of carboxylic acid groups (broad SMARTS) is 1. The third-order valence-corrected chi connectivity index (χ3v) is 8.47. The van der Waals surface area contributed by atoms with E-state index in [1.165, 1.54) is 0 Å². The van der Waals surface area contributed by atoms with Crippen LogP contribution in [0.1, 0.15) is 129 Å². The Morgan fingerprint density at radius 3 is 1.42 bits per heavy atom. The van der Waals surface area contributed by atoms with Crippen molar-refractivity contribution in [3.63, 3.8) is 0 Å². The van der Waals surface area contributed by atoms with E-state index in [1.807, 2.05) is 0 Å². The quantitative estimate of drug-likeness (QED) is 0.0274. The highest BCUT2D eigenvalue weighted by Gasteiger charge is 2.25. The molecule has 310 valence electrons. The van der Waals surface area contributed by atoms with Crippen molar-refractivity contribution in [2.45, 2.75) is 142 Å². The number of hydrogen-bond acceptors (Lipinski definition) is 7. The average molecular weight is 766 g/mol. The lowest BCUT2D eigenvalue weighted by atomic mass is 10.1. The summed E-state index contributed by atoms with van der Waals surface area (Å²) in [5.74, 6) is -1.84. The summed E-state index contributed by atoms with van der Waals surface area (Å²) in [7, 11) is 5.36. The Morgan fingerprint density at radius 2 is 0.964 bits per heavy atom. The first-order valence-corrected chi connectivity index (χ1v) is 20.8. The van der Waals surface area contributed by atoms with Gasteiger partial charge in [-0.1, -0.05) is 117 Å². The van der Waals surface area contributed by atoms with Crippen LogP contribution in [-0.4, -0.2) is 75.5 Å². The third kappa shape index (κ3) is 35.7. The maximum absolute atomic E-state index is 12.7. The summed E-state index contributed by atoms with van der Waals surface area (Å²) in [6, 6.07) is -0.741. The van der Waals surface area contributed by atoms with E-state index in [0.717, 1.165) is 83.5 Å². The molecule has 0 heterocycles. The Bertz CT molecular complexity index is 1220. The van der Waals surface area contributed by atoms with E-state index in [2.05, 4.69) is 111 Å². The van der Waals surface area contributed by atoms with Crippen molar-refractivity contribution in [1.82, 2.24) is 0 Å². The zero-order valence-electron chi connectivity index (χ0n) is 35.0. The number of allylic oxidation sites excluding steroid dienone is 16. The Labute approximate surface area is 335 Å². The lowest BCUT2D eigenvalue weighted by molar-refractivity contribution is -0.889. The molecule has 0 aliphatic heterocycles. The summed E-state index contributed by atoms with van der Waals surface area (Å²) >= 11 is 0. The maximum Gasteiger partial charge on any atom is 0.306 e. The number of aliphatic carboxylic acids is 1. The molecule has 0 amide bonds. The lowest BCUT2D eigenvalue weighted by Crippen LogP contribution is -2.55. The summed E-state index contributed by atoms with van der Waals surface area (Å²) in [4.78, 5) is 36.7. The summed E-state index contributed by atoms with van der Waals surface area (Å²) in [5.41, 5.74) is 0. The van der Waals surface area contributed by atoms with E-state index >= 15 is 0 Å². The van der Waals surface area contributed by atoms with E-state index in [4.69, 9.17) is 14.2 Å². The van der Waals surface area contributed by atoms with Gasteiger partial charge in [0.15, 0.2) is 6.10 Å².